The van der Waals surface area contributed by atoms with Gasteiger partial charge in [0, 0.05) is 30.7 Å². The average molecular weight is 323 g/mol. The van der Waals surface area contributed by atoms with Gasteiger partial charge in [0.1, 0.15) is 0 Å². The van der Waals surface area contributed by atoms with E-state index in [-0.39, 0.29) is 12.2 Å². The molecular weight excluding hydrogens is 307 g/mol. The molecule has 1 aromatic carbocycles. The van der Waals surface area contributed by atoms with Gasteiger partial charge in [-0.05, 0) is 24.1 Å². The Labute approximate surface area is 131 Å². The van der Waals surface area contributed by atoms with E-state index in [1.165, 1.54) is 6.21 Å². The van der Waals surface area contributed by atoms with Crippen LogP contribution in [-0.4, -0.2) is 37.6 Å². The standard InChI is InChI=1S/C16H16F3N3O/c17-16(18,19)14-9-22(6-5-20-14)11-3-1-10(2-4-11)15-13-7-12(23-15)8-21-13/h1-5,9,12-13,15,21H,6-8H2/t12-,13-,15+/m1/s1. The van der Waals surface area contributed by atoms with Crippen molar-refractivity contribution >= 4 is 11.9 Å². The maximum absolute atomic E-state index is 12.8. The largest absolute Gasteiger partial charge is 0.434 e. The number of allylic oxidation sites excluding steroid dienone is 1. The fourth-order valence-electron chi connectivity index (χ4n) is 3.32. The number of hydrogen-bond donors (Lipinski definition) is 1. The lowest BCUT2D eigenvalue weighted by molar-refractivity contribution is -0.0926. The third-order valence-electron chi connectivity index (χ3n) is 4.46. The van der Waals surface area contributed by atoms with Crippen LogP contribution in [0.15, 0.2) is 41.2 Å². The van der Waals surface area contributed by atoms with Gasteiger partial charge in [0.05, 0.1) is 18.8 Å². The van der Waals surface area contributed by atoms with Gasteiger partial charge >= 0.3 is 6.18 Å². The highest BCUT2D eigenvalue weighted by Gasteiger charge is 2.41. The van der Waals surface area contributed by atoms with Gasteiger partial charge in [-0.25, -0.2) is 0 Å². The van der Waals surface area contributed by atoms with Gasteiger partial charge in [0.2, 0.25) is 0 Å². The highest BCUT2D eigenvalue weighted by molar-refractivity contribution is 5.71. The van der Waals surface area contributed by atoms with Gasteiger partial charge in [-0.3, -0.25) is 4.99 Å². The zero-order chi connectivity index (χ0) is 16.0. The van der Waals surface area contributed by atoms with Crippen LogP contribution < -0.4 is 10.2 Å². The summed E-state index contributed by atoms with van der Waals surface area (Å²) in [6, 6.07) is 7.84. The molecule has 0 unspecified atom stereocenters. The first-order chi connectivity index (χ1) is 11.0. The number of nitrogens with one attached hydrogen (secondary N) is 1. The molecule has 0 saturated carbocycles. The minimum Gasteiger partial charge on any atom is -0.367 e. The number of benzene rings is 1. The molecule has 3 aliphatic rings. The lowest BCUT2D eigenvalue weighted by Crippen LogP contribution is -2.34. The number of nitrogens with zero attached hydrogens (tertiary/aromatic N) is 2. The number of alkyl halides is 3. The summed E-state index contributed by atoms with van der Waals surface area (Å²) in [5.41, 5.74) is 0.880. The van der Waals surface area contributed by atoms with Crippen molar-refractivity contribution in [2.24, 2.45) is 4.99 Å². The molecule has 3 atom stereocenters. The molecule has 0 radical (unpaired) electrons. The van der Waals surface area contributed by atoms with Gasteiger partial charge in [0.25, 0.3) is 0 Å². The van der Waals surface area contributed by atoms with E-state index in [9.17, 15) is 13.2 Å². The Morgan fingerprint density at radius 1 is 1.22 bits per heavy atom. The fourth-order valence-corrected chi connectivity index (χ4v) is 3.32. The molecule has 1 N–H and O–H groups in total. The Kier molecular flexibility index (Phi) is 3.42. The molecule has 1 aromatic rings. The molecule has 2 bridgehead atoms. The number of anilines is 1. The molecule has 7 heteroatoms. The van der Waals surface area contributed by atoms with Crippen LogP contribution in [0.25, 0.3) is 0 Å². The minimum atomic E-state index is -4.43. The van der Waals surface area contributed by atoms with Crippen molar-refractivity contribution in [3.05, 3.63) is 41.7 Å². The SMILES string of the molecule is FC(F)(F)C1=CN(c2ccc([C@@H]3O[C@H]4CN[C@@H]3C4)cc2)CC=N1. The van der Waals surface area contributed by atoms with Gasteiger partial charge in [-0.15, -0.1) is 0 Å². The molecule has 0 amide bonds. The Morgan fingerprint density at radius 2 is 2.00 bits per heavy atom. The summed E-state index contributed by atoms with van der Waals surface area (Å²) in [5, 5.41) is 3.42. The van der Waals surface area contributed by atoms with Crippen LogP contribution in [0, 0.1) is 0 Å². The van der Waals surface area contributed by atoms with Crippen molar-refractivity contribution < 1.29 is 17.9 Å². The topological polar surface area (TPSA) is 36.9 Å². The Bertz CT molecular complexity index is 654. The van der Waals surface area contributed by atoms with Crippen LogP contribution in [-0.2, 0) is 4.74 Å². The predicted octanol–water partition coefficient (Wildman–Crippen LogP) is 2.78. The monoisotopic (exact) mass is 323 g/mol. The number of morpholine rings is 1. The number of rotatable bonds is 2. The Hall–Kier alpha value is -1.86. The molecular formula is C16H16F3N3O. The van der Waals surface area contributed by atoms with E-state index in [2.05, 4.69) is 10.3 Å². The number of halogens is 3. The normalized spacial score (nSPS) is 30.0. The first-order valence-electron chi connectivity index (χ1n) is 7.58. The summed E-state index contributed by atoms with van der Waals surface area (Å²) in [7, 11) is 0. The van der Waals surface area contributed by atoms with Crippen LogP contribution >= 0.6 is 0 Å². The number of aliphatic imine (C=N–C) groups is 1. The zero-order valence-electron chi connectivity index (χ0n) is 12.3. The summed E-state index contributed by atoms with van der Waals surface area (Å²) < 4.78 is 44.2. The van der Waals surface area contributed by atoms with Gasteiger partial charge in [-0.1, -0.05) is 12.1 Å². The molecule has 0 aromatic heterocycles. The average Bonchev–Trinajstić information content (AvgIpc) is 3.17. The first-order valence-corrected chi connectivity index (χ1v) is 7.58. The van der Waals surface area contributed by atoms with E-state index in [1.807, 2.05) is 24.3 Å². The third kappa shape index (κ3) is 2.74. The molecule has 4 nitrogen and oxygen atoms in total. The maximum Gasteiger partial charge on any atom is 0.434 e. The lowest BCUT2D eigenvalue weighted by atomic mass is 10.0. The number of hydrogen-bond acceptors (Lipinski definition) is 4. The second kappa shape index (κ2) is 5.35. The molecule has 122 valence electrons. The van der Waals surface area contributed by atoms with Crippen molar-refractivity contribution in [2.45, 2.75) is 30.8 Å². The predicted molar refractivity (Wildman–Crippen MR) is 80.4 cm³/mol. The third-order valence-corrected chi connectivity index (χ3v) is 4.46. The van der Waals surface area contributed by atoms with Crippen molar-refractivity contribution in [3.63, 3.8) is 0 Å². The molecule has 0 spiro atoms. The molecule has 3 aliphatic heterocycles. The molecule has 2 fully saturated rings. The summed E-state index contributed by atoms with van der Waals surface area (Å²) in [5.74, 6) is 0. The van der Waals surface area contributed by atoms with E-state index in [4.69, 9.17) is 4.74 Å². The Morgan fingerprint density at radius 3 is 2.61 bits per heavy atom. The van der Waals surface area contributed by atoms with E-state index in [0.717, 1.165) is 24.7 Å². The summed E-state index contributed by atoms with van der Waals surface area (Å²) in [4.78, 5) is 4.97. The van der Waals surface area contributed by atoms with Gasteiger partial charge < -0.3 is 15.0 Å². The van der Waals surface area contributed by atoms with Crippen molar-refractivity contribution in [2.75, 3.05) is 18.0 Å². The quantitative estimate of drug-likeness (QED) is 0.909. The summed E-state index contributed by atoms with van der Waals surface area (Å²) >= 11 is 0. The lowest BCUT2D eigenvalue weighted by Gasteiger charge is -2.26. The maximum atomic E-state index is 12.8. The summed E-state index contributed by atoms with van der Waals surface area (Å²) in [6.07, 6.45) is -0.776. The minimum absolute atomic E-state index is 0.0343. The van der Waals surface area contributed by atoms with E-state index < -0.39 is 11.9 Å². The Balaban J connectivity index is 1.52. The van der Waals surface area contributed by atoms with Gasteiger partial charge in [0.15, 0.2) is 5.70 Å². The molecule has 2 saturated heterocycles. The smallest absolute Gasteiger partial charge is 0.367 e. The van der Waals surface area contributed by atoms with Crippen LogP contribution in [0.2, 0.25) is 0 Å². The highest BCUT2D eigenvalue weighted by atomic mass is 19.4. The van der Waals surface area contributed by atoms with E-state index >= 15 is 0 Å². The van der Waals surface area contributed by atoms with Crippen LogP contribution in [0.4, 0.5) is 18.9 Å². The van der Waals surface area contributed by atoms with E-state index in [0.29, 0.717) is 18.3 Å². The number of fused-ring (bicyclic) bond motifs is 2. The molecule has 3 heterocycles. The van der Waals surface area contributed by atoms with E-state index in [1.54, 1.807) is 4.90 Å². The molecule has 4 rings (SSSR count). The second-order valence-corrected chi connectivity index (χ2v) is 6.00. The van der Waals surface area contributed by atoms with Crippen molar-refractivity contribution in [3.8, 4) is 0 Å². The fraction of sp³-hybridized carbons (Fsp3) is 0.438. The first kappa shape index (κ1) is 14.7. The second-order valence-electron chi connectivity index (χ2n) is 6.00. The van der Waals surface area contributed by atoms with Crippen LogP contribution in [0.5, 0.6) is 0 Å². The van der Waals surface area contributed by atoms with Crippen LogP contribution in [0.1, 0.15) is 18.1 Å². The van der Waals surface area contributed by atoms with Crippen LogP contribution in [0.3, 0.4) is 0 Å². The van der Waals surface area contributed by atoms with Crippen molar-refractivity contribution in [1.29, 1.82) is 0 Å². The number of ether oxygens (including phenoxy) is 1. The highest BCUT2D eigenvalue weighted by Crippen LogP contribution is 2.37. The molecule has 0 aliphatic carbocycles. The zero-order valence-corrected chi connectivity index (χ0v) is 12.3. The van der Waals surface area contributed by atoms with Gasteiger partial charge in [-0.2, -0.15) is 13.2 Å². The van der Waals surface area contributed by atoms with Crippen molar-refractivity contribution in [1.82, 2.24) is 5.32 Å². The molecule has 23 heavy (non-hydrogen) atoms. The summed E-state index contributed by atoms with van der Waals surface area (Å²) in [6.45, 7) is 1.22.